The minimum Gasteiger partial charge on any atom is -0.455 e. The molecule has 0 unspecified atom stereocenters. The summed E-state index contributed by atoms with van der Waals surface area (Å²) in [6.07, 6.45) is 1.83. The molecule has 6 heteroatoms. The number of benzene rings is 2. The second-order valence-corrected chi connectivity index (χ2v) is 7.55. The number of aromatic nitrogens is 2. The van der Waals surface area contributed by atoms with Gasteiger partial charge in [0.2, 0.25) is 0 Å². The van der Waals surface area contributed by atoms with Gasteiger partial charge in [0.25, 0.3) is 5.91 Å². The predicted octanol–water partition coefficient (Wildman–Crippen LogP) is 4.23. The van der Waals surface area contributed by atoms with Crippen LogP contribution < -0.4 is 5.32 Å². The molecule has 31 heavy (non-hydrogen) atoms. The number of carbonyl (C=O) groups is 2. The number of nitrogens with zero attached hydrogens (tertiary/aromatic N) is 2. The van der Waals surface area contributed by atoms with Gasteiger partial charge in [0, 0.05) is 11.3 Å². The molecular weight excluding hydrogens is 390 g/mol. The van der Waals surface area contributed by atoms with Gasteiger partial charge in [-0.05, 0) is 38.0 Å². The highest BCUT2D eigenvalue weighted by Crippen LogP contribution is 2.19. The van der Waals surface area contributed by atoms with Crippen LogP contribution in [0, 0.1) is 13.8 Å². The summed E-state index contributed by atoms with van der Waals surface area (Å²) in [5.74, 6) is -0.746. The van der Waals surface area contributed by atoms with Crippen molar-refractivity contribution in [3.05, 3.63) is 83.2 Å². The molecule has 1 heterocycles. The fraction of sp³-hybridized carbons (Fsp3) is 0.320. The van der Waals surface area contributed by atoms with Gasteiger partial charge in [-0.15, -0.1) is 0 Å². The van der Waals surface area contributed by atoms with E-state index in [0.29, 0.717) is 0 Å². The largest absolute Gasteiger partial charge is 0.455 e. The summed E-state index contributed by atoms with van der Waals surface area (Å²) >= 11 is 0. The molecular formula is C25H29N3O3. The molecule has 0 aliphatic heterocycles. The number of para-hydroxylation sites is 1. The first kappa shape index (κ1) is 22.3. The first-order valence-electron chi connectivity index (χ1n) is 10.6. The first-order valence-corrected chi connectivity index (χ1v) is 10.6. The van der Waals surface area contributed by atoms with E-state index in [2.05, 4.69) is 17.3 Å². The highest BCUT2D eigenvalue weighted by molar-refractivity contribution is 5.81. The predicted molar refractivity (Wildman–Crippen MR) is 120 cm³/mol. The number of nitrogens with one attached hydrogen (secondary N) is 1. The third kappa shape index (κ3) is 5.81. The van der Waals surface area contributed by atoms with Crippen molar-refractivity contribution in [1.29, 1.82) is 0 Å². The van der Waals surface area contributed by atoms with Crippen LogP contribution >= 0.6 is 0 Å². The van der Waals surface area contributed by atoms with Gasteiger partial charge in [-0.25, -0.2) is 4.68 Å². The highest BCUT2D eigenvalue weighted by Gasteiger charge is 2.19. The fourth-order valence-electron chi connectivity index (χ4n) is 3.63. The van der Waals surface area contributed by atoms with Crippen molar-refractivity contribution in [2.45, 2.75) is 46.1 Å². The molecule has 0 fully saturated rings. The second-order valence-electron chi connectivity index (χ2n) is 7.55. The van der Waals surface area contributed by atoms with Gasteiger partial charge in [-0.2, -0.15) is 5.10 Å². The molecule has 1 atom stereocenters. The Morgan fingerprint density at radius 3 is 2.32 bits per heavy atom. The van der Waals surface area contributed by atoms with E-state index in [4.69, 9.17) is 4.74 Å². The number of ether oxygens (including phenoxy) is 1. The minimum atomic E-state index is -0.444. The number of hydrogen-bond donors (Lipinski definition) is 1. The first-order chi connectivity index (χ1) is 15.0. The Morgan fingerprint density at radius 2 is 1.68 bits per heavy atom. The molecule has 0 saturated heterocycles. The van der Waals surface area contributed by atoms with E-state index in [0.717, 1.165) is 41.0 Å². The molecule has 0 radical (unpaired) electrons. The summed E-state index contributed by atoms with van der Waals surface area (Å²) < 4.78 is 7.08. The van der Waals surface area contributed by atoms with Crippen LogP contribution in [0.2, 0.25) is 0 Å². The summed E-state index contributed by atoms with van der Waals surface area (Å²) in [5, 5.41) is 7.52. The van der Waals surface area contributed by atoms with Crippen LogP contribution in [-0.4, -0.2) is 28.3 Å². The maximum Gasteiger partial charge on any atom is 0.310 e. The Labute approximate surface area is 183 Å². The highest BCUT2D eigenvalue weighted by atomic mass is 16.5. The van der Waals surface area contributed by atoms with E-state index in [1.165, 1.54) is 0 Å². The zero-order chi connectivity index (χ0) is 22.2. The molecule has 3 rings (SSSR count). The quantitative estimate of drug-likeness (QED) is 0.527. The zero-order valence-electron chi connectivity index (χ0n) is 18.3. The van der Waals surface area contributed by atoms with Crippen LogP contribution in [0.5, 0.6) is 0 Å². The maximum absolute atomic E-state index is 12.4. The summed E-state index contributed by atoms with van der Waals surface area (Å²) in [4.78, 5) is 24.8. The van der Waals surface area contributed by atoms with E-state index in [9.17, 15) is 9.59 Å². The van der Waals surface area contributed by atoms with E-state index < -0.39 is 5.97 Å². The van der Waals surface area contributed by atoms with E-state index in [-0.39, 0.29) is 25.0 Å². The van der Waals surface area contributed by atoms with Crippen LogP contribution in [0.4, 0.5) is 0 Å². The number of hydrogen-bond acceptors (Lipinski definition) is 4. The van der Waals surface area contributed by atoms with Gasteiger partial charge in [0.1, 0.15) is 0 Å². The number of esters is 1. The standard InChI is InChI=1S/C25H29N3O3/c1-4-11-23(20-12-7-5-8-13-20)26-24(29)17-31-25(30)16-22-18(2)27-28(19(22)3)21-14-9-6-10-15-21/h5-10,12-15,23H,4,11,16-17H2,1-3H3,(H,26,29)/t23-/m0/s1. The molecule has 1 N–H and O–H groups in total. The Kier molecular flexibility index (Phi) is 7.60. The van der Waals surface area contributed by atoms with Crippen molar-refractivity contribution in [2.75, 3.05) is 6.61 Å². The second kappa shape index (κ2) is 10.6. The van der Waals surface area contributed by atoms with Gasteiger partial charge < -0.3 is 10.1 Å². The number of aryl methyl sites for hydroxylation is 1. The zero-order valence-corrected chi connectivity index (χ0v) is 18.3. The lowest BCUT2D eigenvalue weighted by Crippen LogP contribution is -2.32. The third-order valence-corrected chi connectivity index (χ3v) is 5.24. The van der Waals surface area contributed by atoms with Crippen molar-refractivity contribution >= 4 is 11.9 Å². The molecule has 0 spiro atoms. The lowest BCUT2D eigenvalue weighted by atomic mass is 10.0. The number of carbonyl (C=O) groups excluding carboxylic acids is 2. The van der Waals surface area contributed by atoms with Crippen LogP contribution in [0.25, 0.3) is 5.69 Å². The van der Waals surface area contributed by atoms with Crippen molar-refractivity contribution in [3.8, 4) is 5.69 Å². The Hall–Kier alpha value is -3.41. The molecule has 0 aliphatic rings. The van der Waals surface area contributed by atoms with Crippen molar-refractivity contribution in [1.82, 2.24) is 15.1 Å². The average Bonchev–Trinajstić information content (AvgIpc) is 3.07. The summed E-state index contributed by atoms with van der Waals surface area (Å²) in [5.41, 5.74) is 4.46. The van der Waals surface area contributed by atoms with Crippen molar-refractivity contribution in [2.24, 2.45) is 0 Å². The molecule has 0 aliphatic carbocycles. The molecule has 0 saturated carbocycles. The monoisotopic (exact) mass is 419 g/mol. The summed E-state index contributed by atoms with van der Waals surface area (Å²) in [6.45, 7) is 5.58. The van der Waals surface area contributed by atoms with Gasteiger partial charge in [-0.1, -0.05) is 61.9 Å². The van der Waals surface area contributed by atoms with Crippen LogP contribution in [0.15, 0.2) is 60.7 Å². The van der Waals surface area contributed by atoms with Gasteiger partial charge >= 0.3 is 5.97 Å². The Balaban J connectivity index is 1.58. The fourth-order valence-corrected chi connectivity index (χ4v) is 3.63. The number of rotatable bonds is 9. The van der Waals surface area contributed by atoms with Crippen LogP contribution in [-0.2, 0) is 20.7 Å². The molecule has 3 aromatic rings. The van der Waals surface area contributed by atoms with Crippen molar-refractivity contribution < 1.29 is 14.3 Å². The number of amides is 1. The van der Waals surface area contributed by atoms with Crippen LogP contribution in [0.3, 0.4) is 0 Å². The van der Waals surface area contributed by atoms with E-state index >= 15 is 0 Å². The molecule has 1 aromatic heterocycles. The molecule has 1 amide bonds. The van der Waals surface area contributed by atoms with Gasteiger partial charge in [0.15, 0.2) is 6.61 Å². The maximum atomic E-state index is 12.4. The van der Waals surface area contributed by atoms with Gasteiger partial charge in [0.05, 0.1) is 23.8 Å². The van der Waals surface area contributed by atoms with E-state index in [1.807, 2.05) is 79.2 Å². The molecule has 162 valence electrons. The molecule has 2 aromatic carbocycles. The topological polar surface area (TPSA) is 73.2 Å². The molecule has 6 nitrogen and oxygen atoms in total. The lowest BCUT2D eigenvalue weighted by Gasteiger charge is -2.18. The normalized spacial score (nSPS) is 11.7. The summed E-state index contributed by atoms with van der Waals surface area (Å²) in [6, 6.07) is 19.5. The van der Waals surface area contributed by atoms with Gasteiger partial charge in [-0.3, -0.25) is 9.59 Å². The van der Waals surface area contributed by atoms with Crippen molar-refractivity contribution in [3.63, 3.8) is 0 Å². The van der Waals surface area contributed by atoms with E-state index in [1.54, 1.807) is 0 Å². The minimum absolute atomic E-state index is 0.0782. The molecule has 0 bridgehead atoms. The van der Waals surface area contributed by atoms with Crippen LogP contribution in [0.1, 0.15) is 48.3 Å². The smallest absolute Gasteiger partial charge is 0.310 e. The summed E-state index contributed by atoms with van der Waals surface area (Å²) in [7, 11) is 0. The lowest BCUT2D eigenvalue weighted by molar-refractivity contribution is -0.148. The Bertz CT molecular complexity index is 1010. The third-order valence-electron chi connectivity index (χ3n) is 5.24. The average molecular weight is 420 g/mol. The SMILES string of the molecule is CCC[C@H](NC(=O)COC(=O)Cc1c(C)nn(-c2ccccc2)c1C)c1ccccc1. The Morgan fingerprint density at radius 1 is 1.03 bits per heavy atom.